The average molecular weight is 696 g/mol. The number of nitrogens with one attached hydrogen (secondary N) is 2. The monoisotopic (exact) mass is 695 g/mol. The Morgan fingerprint density at radius 1 is 0.745 bits per heavy atom. The number of H-pyrrole nitrogens is 2. The zero-order valence-corrected chi connectivity index (χ0v) is 30.3. The molecule has 11 heteroatoms. The lowest BCUT2D eigenvalue weighted by Crippen LogP contribution is -2.36. The number of aromatic nitrogens is 4. The molecule has 2 N–H and O–H groups in total. The van der Waals surface area contributed by atoms with E-state index in [0.717, 1.165) is 68.8 Å². The van der Waals surface area contributed by atoms with Crippen LogP contribution in [-0.2, 0) is 14.2 Å². The summed E-state index contributed by atoms with van der Waals surface area (Å²) in [5, 5.41) is 0. The van der Waals surface area contributed by atoms with E-state index >= 15 is 0 Å². The smallest absolute Gasteiger partial charge is 0.410 e. The van der Waals surface area contributed by atoms with E-state index in [-0.39, 0.29) is 12.1 Å². The Bertz CT molecular complexity index is 1990. The van der Waals surface area contributed by atoms with E-state index < -0.39 is 5.60 Å². The maximum Gasteiger partial charge on any atom is 0.410 e. The van der Waals surface area contributed by atoms with Crippen LogP contribution in [0.5, 0.6) is 11.5 Å². The van der Waals surface area contributed by atoms with Gasteiger partial charge in [0.15, 0.2) is 11.5 Å². The van der Waals surface area contributed by atoms with Crippen molar-refractivity contribution in [3.05, 3.63) is 60.2 Å². The van der Waals surface area contributed by atoms with Gasteiger partial charge in [-0.15, -0.1) is 0 Å². The molecule has 2 aliphatic rings. The molecule has 1 unspecified atom stereocenters. The molecule has 2 aromatic heterocycles. The number of amides is 1. The number of hydrogen-bond acceptors (Lipinski definition) is 8. The highest BCUT2D eigenvalue weighted by atomic mass is 16.6. The van der Waals surface area contributed by atoms with Gasteiger partial charge in [0.2, 0.25) is 0 Å². The lowest BCUT2D eigenvalue weighted by Gasteiger charge is -2.27. The van der Waals surface area contributed by atoms with E-state index in [1.807, 2.05) is 32.9 Å². The summed E-state index contributed by atoms with van der Waals surface area (Å²) in [5.74, 6) is 3.60. The van der Waals surface area contributed by atoms with Gasteiger partial charge < -0.3 is 33.7 Å². The number of rotatable bonds is 12. The summed E-state index contributed by atoms with van der Waals surface area (Å²) in [4.78, 5) is 31.8. The summed E-state index contributed by atoms with van der Waals surface area (Å²) in [6.45, 7) is 7.84. The highest BCUT2D eigenvalue weighted by Gasteiger charge is 2.35. The molecular formula is C40H49N5O6. The SMILES string of the molecule is COCCOc1c(-c2ccc3nc(C4CCCC4)[nH]c3c2)ccc(-c2ccc3nc(C4CCCN4C(=O)OC(C)(C)C)[nH]c3c2)c1OCCOC. The largest absolute Gasteiger partial charge is 0.487 e. The fraction of sp³-hybridized carbons (Fsp3) is 0.475. The van der Waals surface area contributed by atoms with Gasteiger partial charge in [0.05, 0.1) is 41.3 Å². The molecule has 2 fully saturated rings. The van der Waals surface area contributed by atoms with Crippen LogP contribution in [0.15, 0.2) is 48.5 Å². The molecule has 51 heavy (non-hydrogen) atoms. The van der Waals surface area contributed by atoms with Gasteiger partial charge in [-0.1, -0.05) is 25.0 Å². The number of methoxy groups -OCH3 is 2. The third kappa shape index (κ3) is 7.55. The van der Waals surface area contributed by atoms with Crippen LogP contribution in [0.4, 0.5) is 4.79 Å². The van der Waals surface area contributed by atoms with Gasteiger partial charge in [-0.3, -0.25) is 4.90 Å². The van der Waals surface area contributed by atoms with Crippen LogP contribution >= 0.6 is 0 Å². The molecule has 0 spiro atoms. The van der Waals surface area contributed by atoms with E-state index in [4.69, 9.17) is 33.7 Å². The second-order valence-corrected chi connectivity index (χ2v) is 14.5. The average Bonchev–Trinajstić information content (AvgIpc) is 3.93. The van der Waals surface area contributed by atoms with Crippen LogP contribution in [0.2, 0.25) is 0 Å². The molecule has 5 aromatic rings. The van der Waals surface area contributed by atoms with E-state index in [1.54, 1.807) is 19.1 Å². The standard InChI is InChI=1S/C40H49N5O6/c1-40(2,3)51-39(46)45-18-8-11-34(45)38-42-31-17-13-27(24-33(31)44-38)29-15-14-28(35(49-21-19-47-4)36(29)50-22-20-48-5)26-12-16-30-32(23-26)43-37(41-30)25-9-6-7-10-25/h12-17,23-25,34H,6-11,18-22H2,1-5H3,(H,41,43)(H,42,44). The van der Waals surface area contributed by atoms with Crippen LogP contribution in [0.3, 0.4) is 0 Å². The molecule has 1 aliphatic heterocycles. The second kappa shape index (κ2) is 14.9. The number of carbonyl (C=O) groups is 1. The molecule has 0 bridgehead atoms. The molecule has 11 nitrogen and oxygen atoms in total. The topological polar surface area (TPSA) is 124 Å². The summed E-state index contributed by atoms with van der Waals surface area (Å²) in [7, 11) is 3.32. The summed E-state index contributed by atoms with van der Waals surface area (Å²) < 4.78 is 29.4. The highest BCUT2D eigenvalue weighted by molar-refractivity contribution is 5.90. The van der Waals surface area contributed by atoms with Crippen molar-refractivity contribution in [2.75, 3.05) is 47.2 Å². The van der Waals surface area contributed by atoms with Crippen molar-refractivity contribution in [3.63, 3.8) is 0 Å². The number of ether oxygens (including phenoxy) is 5. The first-order valence-corrected chi connectivity index (χ1v) is 18.1. The molecule has 1 aliphatic carbocycles. The normalized spacial score (nSPS) is 16.8. The number of fused-ring (bicyclic) bond motifs is 2. The minimum absolute atomic E-state index is 0.176. The van der Waals surface area contributed by atoms with Crippen molar-refractivity contribution >= 4 is 28.2 Å². The fourth-order valence-electron chi connectivity index (χ4n) is 7.29. The van der Waals surface area contributed by atoms with Gasteiger partial charge in [-0.2, -0.15) is 0 Å². The van der Waals surface area contributed by atoms with Crippen LogP contribution in [0.25, 0.3) is 44.3 Å². The number of aromatic amines is 2. The first-order valence-electron chi connectivity index (χ1n) is 18.1. The second-order valence-electron chi connectivity index (χ2n) is 14.5. The maximum absolute atomic E-state index is 13.0. The van der Waals surface area contributed by atoms with Gasteiger partial charge in [0.1, 0.15) is 30.5 Å². The summed E-state index contributed by atoms with van der Waals surface area (Å²) >= 11 is 0. The zero-order valence-electron chi connectivity index (χ0n) is 30.3. The zero-order chi connectivity index (χ0) is 35.5. The number of nitrogens with zero attached hydrogens (tertiary/aromatic N) is 3. The predicted molar refractivity (Wildman–Crippen MR) is 197 cm³/mol. The summed E-state index contributed by atoms with van der Waals surface area (Å²) in [5.41, 5.74) is 6.83. The summed E-state index contributed by atoms with van der Waals surface area (Å²) in [6, 6.07) is 16.5. The van der Waals surface area contributed by atoms with Gasteiger partial charge in [-0.05, 0) is 94.0 Å². The first kappa shape index (κ1) is 34.8. The molecule has 0 radical (unpaired) electrons. The number of hydrogen-bond donors (Lipinski definition) is 2. The van der Waals surface area contributed by atoms with Gasteiger partial charge >= 0.3 is 6.09 Å². The molecule has 3 heterocycles. The van der Waals surface area contributed by atoms with Gasteiger partial charge in [-0.25, -0.2) is 14.8 Å². The van der Waals surface area contributed by atoms with Gasteiger partial charge in [0.25, 0.3) is 0 Å². The highest BCUT2D eigenvalue weighted by Crippen LogP contribution is 2.46. The number of benzene rings is 3. The van der Waals surface area contributed by atoms with Crippen LogP contribution in [0.1, 0.15) is 82.9 Å². The van der Waals surface area contributed by atoms with Crippen molar-refractivity contribution < 1.29 is 28.5 Å². The molecule has 270 valence electrons. The minimum Gasteiger partial charge on any atom is -0.487 e. The van der Waals surface area contributed by atoms with Crippen molar-refractivity contribution in [2.45, 2.75) is 76.9 Å². The van der Waals surface area contributed by atoms with Crippen LogP contribution < -0.4 is 9.47 Å². The maximum atomic E-state index is 13.0. The Morgan fingerprint density at radius 3 is 1.84 bits per heavy atom. The van der Waals surface area contributed by atoms with E-state index in [2.05, 4.69) is 46.4 Å². The van der Waals surface area contributed by atoms with E-state index in [9.17, 15) is 4.79 Å². The Balaban J connectivity index is 1.26. The van der Waals surface area contributed by atoms with Crippen LogP contribution in [0, 0.1) is 0 Å². The molecule has 1 amide bonds. The Hall–Kier alpha value is -4.61. The molecule has 1 saturated carbocycles. The third-order valence-electron chi connectivity index (χ3n) is 9.74. The molecular weight excluding hydrogens is 646 g/mol. The molecule has 1 atom stereocenters. The number of imidazole rings is 2. The Morgan fingerprint density at radius 2 is 1.29 bits per heavy atom. The van der Waals surface area contributed by atoms with Crippen molar-refractivity contribution in [1.29, 1.82) is 0 Å². The van der Waals surface area contributed by atoms with Gasteiger partial charge in [0, 0.05) is 37.8 Å². The minimum atomic E-state index is -0.567. The fourth-order valence-corrected chi connectivity index (χ4v) is 7.29. The van der Waals surface area contributed by atoms with Crippen molar-refractivity contribution in [2.24, 2.45) is 0 Å². The first-order chi connectivity index (χ1) is 24.7. The Labute approximate surface area is 299 Å². The lowest BCUT2D eigenvalue weighted by molar-refractivity contribution is 0.0219. The third-order valence-corrected chi connectivity index (χ3v) is 9.74. The van der Waals surface area contributed by atoms with Crippen molar-refractivity contribution in [3.8, 4) is 33.8 Å². The van der Waals surface area contributed by atoms with E-state index in [0.29, 0.717) is 50.4 Å². The van der Waals surface area contributed by atoms with E-state index in [1.165, 1.54) is 25.7 Å². The molecule has 3 aromatic carbocycles. The predicted octanol–water partition coefficient (Wildman–Crippen LogP) is 8.55. The van der Waals surface area contributed by atoms with Crippen molar-refractivity contribution in [1.82, 2.24) is 24.8 Å². The lowest BCUT2D eigenvalue weighted by atomic mass is 9.97. The summed E-state index contributed by atoms with van der Waals surface area (Å²) in [6.07, 6.45) is 6.28. The quantitative estimate of drug-likeness (QED) is 0.125. The molecule has 7 rings (SSSR count). The number of likely N-dealkylation sites (tertiary alicyclic amines) is 1. The Kier molecular flexibility index (Phi) is 10.2. The van der Waals surface area contributed by atoms with Crippen LogP contribution in [-0.4, -0.2) is 83.7 Å². The number of carbonyl (C=O) groups excluding carboxylic acids is 1. The molecule has 1 saturated heterocycles.